The molecule has 0 spiro atoms. The van der Waals surface area contributed by atoms with Crippen LogP contribution in [0.15, 0.2) is 24.3 Å². The number of aromatic amines is 1. The van der Waals surface area contributed by atoms with E-state index in [1.807, 2.05) is 13.0 Å². The summed E-state index contributed by atoms with van der Waals surface area (Å²) in [5.41, 5.74) is 12.5. The van der Waals surface area contributed by atoms with Crippen molar-refractivity contribution in [1.29, 1.82) is 0 Å². The zero-order valence-electron chi connectivity index (χ0n) is 12.1. The number of benzene rings is 1. The zero-order valence-corrected chi connectivity index (χ0v) is 12.1. The van der Waals surface area contributed by atoms with Crippen molar-refractivity contribution in [2.45, 2.75) is 26.3 Å². The van der Waals surface area contributed by atoms with Crippen LogP contribution < -0.4 is 11.1 Å². The molecule has 1 aromatic carbocycles. The summed E-state index contributed by atoms with van der Waals surface area (Å²) < 4.78 is 0. The van der Waals surface area contributed by atoms with Crippen LogP contribution in [0.25, 0.3) is 11.2 Å². The van der Waals surface area contributed by atoms with E-state index >= 15 is 0 Å². The highest BCUT2D eigenvalue weighted by Gasteiger charge is 2.25. The first-order chi connectivity index (χ1) is 10.1. The predicted octanol–water partition coefficient (Wildman–Crippen LogP) is 2.87. The van der Waals surface area contributed by atoms with Crippen LogP contribution >= 0.6 is 0 Å². The maximum atomic E-state index is 5.94. The van der Waals surface area contributed by atoms with Crippen molar-refractivity contribution >= 4 is 22.7 Å². The number of nitrogens with one attached hydrogen (secondary N) is 2. The maximum absolute atomic E-state index is 5.94. The van der Waals surface area contributed by atoms with Crippen LogP contribution in [0.4, 0.5) is 11.5 Å². The van der Waals surface area contributed by atoms with Crippen LogP contribution in [0, 0.1) is 13.8 Å². The molecule has 1 atom stereocenters. The van der Waals surface area contributed by atoms with Gasteiger partial charge in [0.05, 0.1) is 6.04 Å². The number of imidazole rings is 1. The number of hydrogen-bond donors (Lipinski definition) is 3. The minimum atomic E-state index is 0.192. The van der Waals surface area contributed by atoms with Gasteiger partial charge in [0, 0.05) is 11.3 Å². The van der Waals surface area contributed by atoms with E-state index in [-0.39, 0.29) is 6.04 Å². The first kappa shape index (κ1) is 12.2. The van der Waals surface area contributed by atoms with Gasteiger partial charge in [0.1, 0.15) is 17.2 Å². The maximum Gasteiger partial charge on any atom is 0.160 e. The highest BCUT2D eigenvalue weighted by atomic mass is 15.0. The van der Waals surface area contributed by atoms with E-state index in [4.69, 9.17) is 5.73 Å². The van der Waals surface area contributed by atoms with Crippen molar-refractivity contribution in [3.8, 4) is 0 Å². The van der Waals surface area contributed by atoms with Crippen molar-refractivity contribution < 1.29 is 0 Å². The van der Waals surface area contributed by atoms with Gasteiger partial charge in [-0.05, 0) is 43.5 Å². The van der Waals surface area contributed by atoms with Crippen molar-refractivity contribution in [3.05, 3.63) is 46.8 Å². The number of anilines is 2. The van der Waals surface area contributed by atoms with Gasteiger partial charge in [-0.15, -0.1) is 0 Å². The van der Waals surface area contributed by atoms with Crippen LogP contribution in [0.3, 0.4) is 0 Å². The van der Waals surface area contributed by atoms with Gasteiger partial charge in [0.25, 0.3) is 0 Å². The average molecular weight is 279 g/mol. The van der Waals surface area contributed by atoms with E-state index in [0.29, 0.717) is 5.82 Å². The molecule has 4 N–H and O–H groups in total. The molecule has 21 heavy (non-hydrogen) atoms. The Labute approximate surface area is 122 Å². The molecule has 3 heterocycles. The largest absolute Gasteiger partial charge is 0.384 e. The molecule has 1 unspecified atom stereocenters. The quantitative estimate of drug-likeness (QED) is 0.640. The predicted molar refractivity (Wildman–Crippen MR) is 84.3 cm³/mol. The second-order valence-electron chi connectivity index (χ2n) is 5.72. The van der Waals surface area contributed by atoms with E-state index in [2.05, 4.69) is 45.4 Å². The second-order valence-corrected chi connectivity index (χ2v) is 5.72. The number of hydrogen-bond acceptors (Lipinski definition) is 4. The van der Waals surface area contributed by atoms with Gasteiger partial charge in [-0.3, -0.25) is 0 Å². The molecule has 1 aliphatic rings. The van der Waals surface area contributed by atoms with Crippen LogP contribution in [-0.2, 0) is 6.42 Å². The summed E-state index contributed by atoms with van der Waals surface area (Å²) in [6, 6.07) is 8.65. The number of H-pyrrole nitrogens is 1. The lowest BCUT2D eigenvalue weighted by atomic mass is 10.0. The fraction of sp³-hybridized carbons (Fsp3) is 0.250. The lowest BCUT2D eigenvalue weighted by Gasteiger charge is -2.12. The van der Waals surface area contributed by atoms with Gasteiger partial charge in [-0.2, -0.15) is 0 Å². The Morgan fingerprint density at radius 2 is 2.05 bits per heavy atom. The summed E-state index contributed by atoms with van der Waals surface area (Å²) in [4.78, 5) is 12.1. The summed E-state index contributed by atoms with van der Waals surface area (Å²) in [5, 5.41) is 3.58. The Morgan fingerprint density at radius 3 is 2.90 bits per heavy atom. The van der Waals surface area contributed by atoms with Crippen LogP contribution in [-0.4, -0.2) is 15.0 Å². The smallest absolute Gasteiger partial charge is 0.160 e. The molecule has 0 amide bonds. The summed E-state index contributed by atoms with van der Waals surface area (Å²) in [7, 11) is 0. The first-order valence-electron chi connectivity index (χ1n) is 7.09. The third kappa shape index (κ3) is 1.93. The Morgan fingerprint density at radius 1 is 1.19 bits per heavy atom. The Bertz CT molecular complexity index is 849. The van der Waals surface area contributed by atoms with Crippen LogP contribution in [0.2, 0.25) is 0 Å². The SMILES string of the molecule is Cc1ccc2c(c1)NC(c1cc(N)nc3[nH]c(C)nc13)C2. The molecule has 0 saturated carbocycles. The topological polar surface area (TPSA) is 79.6 Å². The molecular formula is C16H17N5. The Kier molecular flexibility index (Phi) is 2.45. The molecule has 0 aliphatic carbocycles. The van der Waals surface area contributed by atoms with Crippen LogP contribution in [0.5, 0.6) is 0 Å². The molecule has 0 radical (unpaired) electrons. The van der Waals surface area contributed by atoms with E-state index in [9.17, 15) is 0 Å². The van der Waals surface area contributed by atoms with Crippen molar-refractivity contribution in [2.75, 3.05) is 11.1 Å². The lowest BCUT2D eigenvalue weighted by Crippen LogP contribution is -2.08. The molecule has 3 aromatic rings. The average Bonchev–Trinajstić information content (AvgIpc) is 2.99. The van der Waals surface area contributed by atoms with Crippen molar-refractivity contribution in [3.63, 3.8) is 0 Å². The number of nitrogens with zero attached hydrogens (tertiary/aromatic N) is 2. The summed E-state index contributed by atoms with van der Waals surface area (Å²) >= 11 is 0. The normalized spacial score (nSPS) is 17.0. The van der Waals surface area contributed by atoms with Gasteiger partial charge in [-0.25, -0.2) is 9.97 Å². The van der Waals surface area contributed by atoms with E-state index in [1.54, 1.807) is 0 Å². The number of rotatable bonds is 1. The highest BCUT2D eigenvalue weighted by Crippen LogP contribution is 2.37. The molecule has 2 aromatic heterocycles. The van der Waals surface area contributed by atoms with E-state index in [0.717, 1.165) is 29.0 Å². The Balaban J connectivity index is 1.82. The number of pyridine rings is 1. The molecule has 4 rings (SSSR count). The van der Waals surface area contributed by atoms with Crippen molar-refractivity contribution in [1.82, 2.24) is 15.0 Å². The second kappa shape index (κ2) is 4.22. The summed E-state index contributed by atoms with van der Waals surface area (Å²) in [6.45, 7) is 4.04. The third-order valence-electron chi connectivity index (χ3n) is 4.02. The fourth-order valence-corrected chi connectivity index (χ4v) is 3.07. The number of aryl methyl sites for hydroxylation is 2. The molecule has 106 valence electrons. The molecule has 1 aliphatic heterocycles. The van der Waals surface area contributed by atoms with Crippen molar-refractivity contribution in [2.24, 2.45) is 0 Å². The standard InChI is InChI=1S/C16H17N5/c1-8-3-4-10-6-13(20-12(10)5-8)11-7-14(17)21-16-15(11)18-9(2)19-16/h3-5,7,13,20H,6H2,1-2H3,(H3,17,18,19,21). The summed E-state index contributed by atoms with van der Waals surface area (Å²) in [5.74, 6) is 1.38. The van der Waals surface area contributed by atoms with Crippen LogP contribution in [0.1, 0.15) is 28.6 Å². The minimum absolute atomic E-state index is 0.192. The molecule has 5 heteroatoms. The van der Waals surface area contributed by atoms with Gasteiger partial charge in [0.2, 0.25) is 0 Å². The zero-order chi connectivity index (χ0) is 14.6. The van der Waals surface area contributed by atoms with Gasteiger partial charge in [-0.1, -0.05) is 12.1 Å². The van der Waals surface area contributed by atoms with Gasteiger partial charge < -0.3 is 16.0 Å². The van der Waals surface area contributed by atoms with E-state index < -0.39 is 0 Å². The highest BCUT2D eigenvalue weighted by molar-refractivity contribution is 5.79. The third-order valence-corrected chi connectivity index (χ3v) is 4.02. The minimum Gasteiger partial charge on any atom is -0.384 e. The van der Waals surface area contributed by atoms with Gasteiger partial charge in [0.15, 0.2) is 5.65 Å². The summed E-state index contributed by atoms with van der Waals surface area (Å²) in [6.07, 6.45) is 0.945. The molecule has 5 nitrogen and oxygen atoms in total. The molecule has 0 fully saturated rings. The number of nitrogen functional groups attached to an aromatic ring is 1. The monoisotopic (exact) mass is 279 g/mol. The number of aromatic nitrogens is 3. The fourth-order valence-electron chi connectivity index (χ4n) is 3.07. The lowest BCUT2D eigenvalue weighted by molar-refractivity contribution is 0.829. The first-order valence-corrected chi connectivity index (χ1v) is 7.09. The molecule has 0 saturated heterocycles. The molecule has 0 bridgehead atoms. The molecular weight excluding hydrogens is 262 g/mol. The van der Waals surface area contributed by atoms with Gasteiger partial charge >= 0.3 is 0 Å². The number of fused-ring (bicyclic) bond motifs is 2. The van der Waals surface area contributed by atoms with E-state index in [1.165, 1.54) is 16.8 Å². The Hall–Kier alpha value is -2.56. The number of nitrogens with two attached hydrogens (primary N) is 1.